The number of primary amides is 1. The Labute approximate surface area is 181 Å². The first-order chi connectivity index (χ1) is 14.3. The number of carboxylic acids is 1. The van der Waals surface area contributed by atoms with Crippen LogP contribution >= 0.6 is 23.2 Å². The fourth-order valence-electron chi connectivity index (χ4n) is 3.82. The van der Waals surface area contributed by atoms with Gasteiger partial charge in [-0.15, -0.1) is 0 Å². The first-order valence-corrected chi connectivity index (χ1v) is 9.66. The van der Waals surface area contributed by atoms with Gasteiger partial charge in [-0.1, -0.05) is 29.3 Å². The van der Waals surface area contributed by atoms with E-state index in [2.05, 4.69) is 15.6 Å². The highest BCUT2D eigenvalue weighted by molar-refractivity contribution is 6.36. The molecule has 0 saturated carbocycles. The number of nitrogens with one attached hydrogen (secondary N) is 2. The molecule has 3 aromatic rings. The summed E-state index contributed by atoms with van der Waals surface area (Å²) < 4.78 is 0. The van der Waals surface area contributed by atoms with Gasteiger partial charge in [0.25, 0.3) is 0 Å². The van der Waals surface area contributed by atoms with E-state index in [-0.39, 0.29) is 5.56 Å². The zero-order chi connectivity index (χ0) is 21.5. The number of fused-ring (bicyclic) bond motifs is 1. The van der Waals surface area contributed by atoms with Crippen LogP contribution in [-0.4, -0.2) is 22.0 Å². The summed E-state index contributed by atoms with van der Waals surface area (Å²) in [7, 11) is 0. The number of pyridine rings is 1. The molecule has 2 unspecified atom stereocenters. The highest BCUT2D eigenvalue weighted by Gasteiger charge is 2.50. The van der Waals surface area contributed by atoms with Crippen molar-refractivity contribution in [2.45, 2.75) is 11.6 Å². The van der Waals surface area contributed by atoms with Crippen molar-refractivity contribution in [1.29, 1.82) is 0 Å². The van der Waals surface area contributed by atoms with Gasteiger partial charge in [0.15, 0.2) is 5.66 Å². The van der Waals surface area contributed by atoms with Crippen LogP contribution in [0.5, 0.6) is 0 Å². The van der Waals surface area contributed by atoms with Crippen molar-refractivity contribution >= 4 is 46.5 Å². The van der Waals surface area contributed by atoms with Gasteiger partial charge >= 0.3 is 5.97 Å². The SMILES string of the molecule is NC(=O)C(c1ccncc1)C1(c2c(Cl)cccc2Cl)Nc2ccc(C(=O)O)cc2N1. The Morgan fingerprint density at radius 1 is 1.00 bits per heavy atom. The number of benzene rings is 2. The third kappa shape index (κ3) is 3.22. The van der Waals surface area contributed by atoms with Crippen LogP contribution in [0, 0.1) is 0 Å². The second-order valence-electron chi connectivity index (χ2n) is 6.84. The molecule has 1 aliphatic heterocycles. The molecule has 0 spiro atoms. The lowest BCUT2D eigenvalue weighted by molar-refractivity contribution is -0.120. The number of nitrogens with two attached hydrogens (primary N) is 1. The molecule has 1 amide bonds. The number of carbonyl (C=O) groups excluding carboxylic acids is 1. The molecule has 0 bridgehead atoms. The summed E-state index contributed by atoms with van der Waals surface area (Å²) in [6, 6.07) is 12.9. The lowest BCUT2D eigenvalue weighted by Gasteiger charge is -2.38. The summed E-state index contributed by atoms with van der Waals surface area (Å²) >= 11 is 13.1. The van der Waals surface area contributed by atoms with Crippen LogP contribution in [0.2, 0.25) is 10.0 Å². The summed E-state index contributed by atoms with van der Waals surface area (Å²) in [4.78, 5) is 28.2. The van der Waals surface area contributed by atoms with E-state index in [9.17, 15) is 14.7 Å². The van der Waals surface area contributed by atoms with Gasteiger partial charge in [-0.25, -0.2) is 4.79 Å². The number of nitrogens with zero attached hydrogens (tertiary/aromatic N) is 1. The first-order valence-electron chi connectivity index (χ1n) is 8.91. The zero-order valence-corrected chi connectivity index (χ0v) is 16.9. The Balaban J connectivity index is 1.98. The van der Waals surface area contributed by atoms with E-state index in [1.54, 1.807) is 48.8 Å². The number of aromatic carboxylic acids is 1. The summed E-state index contributed by atoms with van der Waals surface area (Å²) in [5.74, 6) is -2.67. The molecule has 2 heterocycles. The van der Waals surface area contributed by atoms with Crippen molar-refractivity contribution in [2.75, 3.05) is 10.6 Å². The Morgan fingerprint density at radius 2 is 1.63 bits per heavy atom. The van der Waals surface area contributed by atoms with Crippen LogP contribution < -0.4 is 16.4 Å². The molecule has 1 aliphatic rings. The van der Waals surface area contributed by atoms with Gasteiger partial charge in [-0.3, -0.25) is 9.78 Å². The molecule has 0 saturated heterocycles. The molecule has 2 atom stereocenters. The highest BCUT2D eigenvalue weighted by atomic mass is 35.5. The summed E-state index contributed by atoms with van der Waals surface area (Å²) in [5.41, 5.74) is 6.65. The minimum absolute atomic E-state index is 0.0867. The molecule has 0 radical (unpaired) electrons. The molecule has 1 aromatic heterocycles. The van der Waals surface area contributed by atoms with Crippen LogP contribution in [0.3, 0.4) is 0 Å². The van der Waals surface area contributed by atoms with E-state index in [0.29, 0.717) is 32.5 Å². The lowest BCUT2D eigenvalue weighted by Crippen LogP contribution is -2.50. The fourth-order valence-corrected chi connectivity index (χ4v) is 4.51. The molecule has 5 N–H and O–H groups in total. The Hall–Kier alpha value is -3.29. The topological polar surface area (TPSA) is 117 Å². The van der Waals surface area contributed by atoms with E-state index >= 15 is 0 Å². The van der Waals surface area contributed by atoms with Crippen molar-refractivity contribution in [3.63, 3.8) is 0 Å². The van der Waals surface area contributed by atoms with Crippen LogP contribution in [-0.2, 0) is 10.5 Å². The maximum Gasteiger partial charge on any atom is 0.335 e. The molecule has 30 heavy (non-hydrogen) atoms. The average Bonchev–Trinajstić information content (AvgIpc) is 3.06. The fraction of sp³-hybridized carbons (Fsp3) is 0.0952. The van der Waals surface area contributed by atoms with E-state index in [0.717, 1.165) is 0 Å². The van der Waals surface area contributed by atoms with Gasteiger partial charge in [-0.05, 0) is 48.0 Å². The largest absolute Gasteiger partial charge is 0.478 e. The van der Waals surface area contributed by atoms with E-state index in [1.165, 1.54) is 12.1 Å². The van der Waals surface area contributed by atoms with Gasteiger partial charge in [0.2, 0.25) is 5.91 Å². The standard InChI is InChI=1S/C21H16Cl2N4O3/c22-13-2-1-3-14(23)18(13)21(17(19(24)28)11-6-8-25-9-7-11)26-15-5-4-12(20(29)30)10-16(15)27-21/h1-10,17,26-27H,(H2,24,28)(H,29,30). The van der Waals surface area contributed by atoms with Gasteiger partial charge in [-0.2, -0.15) is 0 Å². The second kappa shape index (κ2) is 7.51. The molecule has 7 nitrogen and oxygen atoms in total. The zero-order valence-electron chi connectivity index (χ0n) is 15.4. The molecule has 2 aromatic carbocycles. The Kier molecular flexibility index (Phi) is 5.01. The van der Waals surface area contributed by atoms with Crippen molar-refractivity contribution in [3.05, 3.63) is 87.7 Å². The Morgan fingerprint density at radius 3 is 2.23 bits per heavy atom. The highest BCUT2D eigenvalue weighted by Crippen LogP contribution is 2.51. The number of hydrogen-bond donors (Lipinski definition) is 4. The number of carbonyl (C=O) groups is 2. The lowest BCUT2D eigenvalue weighted by atomic mass is 9.81. The third-order valence-electron chi connectivity index (χ3n) is 5.04. The van der Waals surface area contributed by atoms with Crippen molar-refractivity contribution in [3.8, 4) is 0 Å². The minimum atomic E-state index is -1.36. The number of halogens is 2. The van der Waals surface area contributed by atoms with Crippen LogP contribution in [0.25, 0.3) is 0 Å². The van der Waals surface area contributed by atoms with Gasteiger partial charge in [0.05, 0.1) is 16.9 Å². The van der Waals surface area contributed by atoms with Crippen LogP contribution in [0.15, 0.2) is 60.9 Å². The monoisotopic (exact) mass is 442 g/mol. The number of hydrogen-bond acceptors (Lipinski definition) is 5. The molecule has 4 rings (SSSR count). The quantitative estimate of drug-likeness (QED) is 0.473. The summed E-state index contributed by atoms with van der Waals surface area (Å²) in [6.45, 7) is 0. The molecule has 9 heteroatoms. The number of anilines is 2. The predicted molar refractivity (Wildman–Crippen MR) is 115 cm³/mol. The second-order valence-corrected chi connectivity index (χ2v) is 7.65. The number of aromatic nitrogens is 1. The summed E-state index contributed by atoms with van der Waals surface area (Å²) in [5, 5.41) is 16.5. The maximum atomic E-state index is 12.8. The van der Waals surface area contributed by atoms with E-state index < -0.39 is 23.5 Å². The average molecular weight is 443 g/mol. The number of amides is 1. The summed E-state index contributed by atoms with van der Waals surface area (Å²) in [6.07, 6.45) is 3.11. The van der Waals surface area contributed by atoms with Crippen molar-refractivity contribution in [1.82, 2.24) is 4.98 Å². The molecule has 0 fully saturated rings. The van der Waals surface area contributed by atoms with Crippen LogP contribution in [0.4, 0.5) is 11.4 Å². The molecule has 0 aliphatic carbocycles. The number of rotatable bonds is 5. The first kappa shape index (κ1) is 20.0. The smallest absolute Gasteiger partial charge is 0.335 e. The minimum Gasteiger partial charge on any atom is -0.478 e. The third-order valence-corrected chi connectivity index (χ3v) is 5.67. The van der Waals surface area contributed by atoms with Crippen LogP contribution in [0.1, 0.15) is 27.4 Å². The van der Waals surface area contributed by atoms with Crippen molar-refractivity contribution < 1.29 is 14.7 Å². The number of carboxylic acid groups (broad SMARTS) is 1. The molecular weight excluding hydrogens is 427 g/mol. The van der Waals surface area contributed by atoms with Gasteiger partial charge in [0.1, 0.15) is 5.92 Å². The van der Waals surface area contributed by atoms with E-state index in [4.69, 9.17) is 28.9 Å². The van der Waals surface area contributed by atoms with Gasteiger partial charge in [0, 0.05) is 28.0 Å². The van der Waals surface area contributed by atoms with E-state index in [1.807, 2.05) is 0 Å². The molecular formula is C21H16Cl2N4O3. The normalized spacial score (nSPS) is 18.1. The predicted octanol–water partition coefficient (Wildman–Crippen LogP) is 4.05. The maximum absolute atomic E-state index is 12.8. The van der Waals surface area contributed by atoms with Crippen molar-refractivity contribution in [2.24, 2.45) is 5.73 Å². The Bertz CT molecular complexity index is 1140. The molecule has 152 valence electrons. The van der Waals surface area contributed by atoms with Gasteiger partial charge < -0.3 is 21.5 Å².